The molecule has 1 fully saturated rings. The van der Waals surface area contributed by atoms with Gasteiger partial charge in [-0.3, -0.25) is 4.79 Å². The maximum Gasteiger partial charge on any atom is 0.266 e. The van der Waals surface area contributed by atoms with Crippen molar-refractivity contribution in [3.05, 3.63) is 12.2 Å². The first-order valence-electron chi connectivity index (χ1n) is 6.82. The van der Waals surface area contributed by atoms with Crippen LogP contribution in [0, 0.1) is 5.41 Å². The third-order valence-corrected chi connectivity index (χ3v) is 3.83. The SMILES string of the molecule is CCN1N=C(N2CCC(C)(C)CC2)CC=CC1=O. The quantitative estimate of drug-likeness (QED) is 0.714. The Morgan fingerprint density at radius 1 is 1.33 bits per heavy atom. The second kappa shape index (κ2) is 5.12. The first kappa shape index (κ1) is 13.1. The van der Waals surface area contributed by atoms with Gasteiger partial charge in [0, 0.05) is 32.1 Å². The smallest absolute Gasteiger partial charge is 0.266 e. The first-order valence-corrected chi connectivity index (χ1v) is 6.82. The van der Waals surface area contributed by atoms with Gasteiger partial charge in [-0.2, -0.15) is 5.10 Å². The van der Waals surface area contributed by atoms with Crippen LogP contribution in [0.1, 0.15) is 40.0 Å². The molecule has 0 spiro atoms. The molecule has 4 nitrogen and oxygen atoms in total. The Morgan fingerprint density at radius 2 is 2.00 bits per heavy atom. The summed E-state index contributed by atoms with van der Waals surface area (Å²) in [5, 5.41) is 6.06. The molecular formula is C14H23N3O. The highest BCUT2D eigenvalue weighted by Crippen LogP contribution is 2.30. The zero-order valence-corrected chi connectivity index (χ0v) is 11.6. The van der Waals surface area contributed by atoms with Gasteiger partial charge < -0.3 is 4.90 Å². The number of likely N-dealkylation sites (N-methyl/N-ethyl adjacent to an activating group) is 1. The molecule has 0 bridgehead atoms. The molecule has 0 atom stereocenters. The van der Waals surface area contributed by atoms with Crippen LogP contribution in [0.15, 0.2) is 17.3 Å². The molecule has 0 N–H and O–H groups in total. The molecule has 4 heteroatoms. The van der Waals surface area contributed by atoms with E-state index in [0.717, 1.165) is 25.3 Å². The number of amides is 1. The fraction of sp³-hybridized carbons (Fsp3) is 0.714. The molecular weight excluding hydrogens is 226 g/mol. The van der Waals surface area contributed by atoms with Gasteiger partial charge in [-0.15, -0.1) is 0 Å². The molecule has 100 valence electrons. The Hall–Kier alpha value is -1.32. The second-order valence-electron chi connectivity index (χ2n) is 5.83. The molecule has 0 aromatic rings. The zero-order chi connectivity index (χ0) is 13.2. The van der Waals surface area contributed by atoms with Gasteiger partial charge in [0.1, 0.15) is 5.84 Å². The molecule has 0 radical (unpaired) electrons. The van der Waals surface area contributed by atoms with Crippen molar-refractivity contribution in [1.29, 1.82) is 0 Å². The van der Waals surface area contributed by atoms with E-state index in [4.69, 9.17) is 0 Å². The van der Waals surface area contributed by atoms with Gasteiger partial charge in [0.15, 0.2) is 0 Å². The Bertz CT molecular complexity index is 375. The van der Waals surface area contributed by atoms with Crippen molar-refractivity contribution >= 4 is 11.7 Å². The summed E-state index contributed by atoms with van der Waals surface area (Å²) in [5.74, 6) is 1.03. The van der Waals surface area contributed by atoms with Crippen LogP contribution in [-0.2, 0) is 4.79 Å². The minimum absolute atomic E-state index is 0.00941. The molecule has 1 saturated heterocycles. The number of likely N-dealkylation sites (tertiary alicyclic amines) is 1. The van der Waals surface area contributed by atoms with Crippen molar-refractivity contribution < 1.29 is 4.79 Å². The molecule has 2 heterocycles. The van der Waals surface area contributed by atoms with Crippen molar-refractivity contribution in [3.63, 3.8) is 0 Å². The van der Waals surface area contributed by atoms with Crippen LogP contribution in [-0.4, -0.2) is 41.3 Å². The highest BCUT2D eigenvalue weighted by Gasteiger charge is 2.27. The summed E-state index contributed by atoms with van der Waals surface area (Å²) in [5.41, 5.74) is 0.442. The van der Waals surface area contributed by atoms with Crippen molar-refractivity contribution in [3.8, 4) is 0 Å². The molecule has 0 aromatic carbocycles. The average Bonchev–Trinajstić information content (AvgIpc) is 2.51. The van der Waals surface area contributed by atoms with E-state index in [9.17, 15) is 4.79 Å². The maximum absolute atomic E-state index is 11.7. The van der Waals surface area contributed by atoms with Gasteiger partial charge in [0.2, 0.25) is 0 Å². The Balaban J connectivity index is 2.08. The summed E-state index contributed by atoms with van der Waals surface area (Å²) >= 11 is 0. The second-order valence-corrected chi connectivity index (χ2v) is 5.83. The lowest BCUT2D eigenvalue weighted by Crippen LogP contribution is -2.42. The fourth-order valence-electron chi connectivity index (χ4n) is 2.37. The van der Waals surface area contributed by atoms with E-state index < -0.39 is 0 Å². The Kier molecular flexibility index (Phi) is 3.73. The standard InChI is InChI=1S/C14H23N3O/c1-4-17-13(18)7-5-6-12(15-17)16-10-8-14(2,3)9-11-16/h5,7H,4,6,8-11H2,1-3H3. The molecule has 1 amide bonds. The van der Waals surface area contributed by atoms with Crippen LogP contribution in [0.3, 0.4) is 0 Å². The van der Waals surface area contributed by atoms with Crippen LogP contribution in [0.4, 0.5) is 0 Å². The first-order chi connectivity index (χ1) is 8.52. The lowest BCUT2D eigenvalue weighted by atomic mass is 9.82. The van der Waals surface area contributed by atoms with Crippen LogP contribution in [0.25, 0.3) is 0 Å². The number of hydrogen-bond donors (Lipinski definition) is 0. The minimum atomic E-state index is -0.00941. The molecule has 2 aliphatic rings. The molecule has 0 unspecified atom stereocenters. The number of carbonyl (C=O) groups is 1. The van der Waals surface area contributed by atoms with Gasteiger partial charge in [-0.1, -0.05) is 19.9 Å². The summed E-state index contributed by atoms with van der Waals surface area (Å²) in [4.78, 5) is 14.0. The van der Waals surface area contributed by atoms with Crippen LogP contribution in [0.2, 0.25) is 0 Å². The van der Waals surface area contributed by atoms with E-state index in [1.165, 1.54) is 12.8 Å². The van der Waals surface area contributed by atoms with Gasteiger partial charge in [0.25, 0.3) is 5.91 Å². The summed E-state index contributed by atoms with van der Waals surface area (Å²) in [6.45, 7) is 9.32. The summed E-state index contributed by atoms with van der Waals surface area (Å²) < 4.78 is 0. The van der Waals surface area contributed by atoms with Crippen molar-refractivity contribution in [2.45, 2.75) is 40.0 Å². The number of piperidine rings is 1. The minimum Gasteiger partial charge on any atom is -0.358 e. The highest BCUT2D eigenvalue weighted by molar-refractivity contribution is 5.93. The topological polar surface area (TPSA) is 35.9 Å². The predicted octanol–water partition coefficient (Wildman–Crippen LogP) is 2.23. The highest BCUT2D eigenvalue weighted by atomic mass is 16.2. The van der Waals surface area contributed by atoms with E-state index in [2.05, 4.69) is 23.8 Å². The molecule has 0 aliphatic carbocycles. The van der Waals surface area contributed by atoms with Gasteiger partial charge in [0.05, 0.1) is 0 Å². The largest absolute Gasteiger partial charge is 0.358 e. The molecule has 2 rings (SSSR count). The van der Waals surface area contributed by atoms with E-state index in [-0.39, 0.29) is 5.91 Å². The van der Waals surface area contributed by atoms with E-state index in [1.807, 2.05) is 13.0 Å². The average molecular weight is 249 g/mol. The fourth-order valence-corrected chi connectivity index (χ4v) is 2.37. The van der Waals surface area contributed by atoms with Crippen LogP contribution < -0.4 is 0 Å². The maximum atomic E-state index is 11.7. The number of hydrogen-bond acceptors (Lipinski definition) is 3. The lowest BCUT2D eigenvalue weighted by Gasteiger charge is -2.38. The molecule has 18 heavy (non-hydrogen) atoms. The molecule has 0 saturated carbocycles. The Morgan fingerprint density at radius 3 is 2.61 bits per heavy atom. The summed E-state index contributed by atoms with van der Waals surface area (Å²) in [7, 11) is 0. The lowest BCUT2D eigenvalue weighted by molar-refractivity contribution is -0.125. The number of nitrogens with zero attached hydrogens (tertiary/aromatic N) is 3. The van der Waals surface area contributed by atoms with Gasteiger partial charge in [-0.25, -0.2) is 5.01 Å². The molecule has 0 aromatic heterocycles. The van der Waals surface area contributed by atoms with E-state index in [1.54, 1.807) is 11.1 Å². The Labute approximate surface area is 109 Å². The normalized spacial score (nSPS) is 23.9. The molecule has 2 aliphatic heterocycles. The van der Waals surface area contributed by atoms with Crippen LogP contribution >= 0.6 is 0 Å². The number of hydrazone groups is 1. The van der Waals surface area contributed by atoms with Gasteiger partial charge >= 0.3 is 0 Å². The van der Waals surface area contributed by atoms with Crippen LogP contribution in [0.5, 0.6) is 0 Å². The van der Waals surface area contributed by atoms with E-state index >= 15 is 0 Å². The number of carbonyl (C=O) groups excluding carboxylic acids is 1. The third-order valence-electron chi connectivity index (χ3n) is 3.83. The van der Waals surface area contributed by atoms with Crippen molar-refractivity contribution in [2.75, 3.05) is 19.6 Å². The number of rotatable bonds is 1. The van der Waals surface area contributed by atoms with Crippen molar-refractivity contribution in [2.24, 2.45) is 10.5 Å². The zero-order valence-electron chi connectivity index (χ0n) is 11.6. The van der Waals surface area contributed by atoms with E-state index in [0.29, 0.717) is 12.0 Å². The third kappa shape index (κ3) is 2.92. The summed E-state index contributed by atoms with van der Waals surface area (Å²) in [6, 6.07) is 0. The number of amidine groups is 1. The van der Waals surface area contributed by atoms with Gasteiger partial charge in [-0.05, 0) is 25.2 Å². The summed E-state index contributed by atoms with van der Waals surface area (Å²) in [6.07, 6.45) is 6.71. The monoisotopic (exact) mass is 249 g/mol. The predicted molar refractivity (Wildman–Crippen MR) is 73.2 cm³/mol. The van der Waals surface area contributed by atoms with Crippen molar-refractivity contribution in [1.82, 2.24) is 9.91 Å².